The summed E-state index contributed by atoms with van der Waals surface area (Å²) in [5, 5.41) is 10.1. The van der Waals surface area contributed by atoms with Crippen LogP contribution >= 0.6 is 0 Å². The first-order valence-corrected chi connectivity index (χ1v) is 6.25. The van der Waals surface area contributed by atoms with Crippen molar-refractivity contribution < 1.29 is 14.6 Å². The van der Waals surface area contributed by atoms with Crippen LogP contribution in [0.4, 0.5) is 0 Å². The first-order valence-electron chi connectivity index (χ1n) is 6.25. The lowest BCUT2D eigenvalue weighted by Gasteiger charge is -2.35. The summed E-state index contributed by atoms with van der Waals surface area (Å²) in [4.78, 5) is 14.1. The highest BCUT2D eigenvalue weighted by Gasteiger charge is 2.77. The molecule has 88 valence electrons. The molecule has 2 heterocycles. The number of amides is 1. The number of ether oxygens (including phenoxy) is 1. The smallest absolute Gasteiger partial charge is 0.228 e. The summed E-state index contributed by atoms with van der Waals surface area (Å²) in [5.74, 6) is 1.14. The molecule has 0 spiro atoms. The van der Waals surface area contributed by atoms with Gasteiger partial charge in [0.2, 0.25) is 5.91 Å². The van der Waals surface area contributed by atoms with Gasteiger partial charge in [-0.1, -0.05) is 6.92 Å². The molecule has 0 unspecified atom stereocenters. The number of hydrogen-bond donors (Lipinski definition) is 1. The summed E-state index contributed by atoms with van der Waals surface area (Å²) in [6.07, 6.45) is 1.41. The van der Waals surface area contributed by atoms with Crippen LogP contribution < -0.4 is 0 Å². The molecule has 4 heteroatoms. The lowest BCUT2D eigenvalue weighted by molar-refractivity contribution is -0.173. The van der Waals surface area contributed by atoms with Gasteiger partial charge in [0.1, 0.15) is 5.72 Å². The fourth-order valence-electron chi connectivity index (χ4n) is 5.02. The van der Waals surface area contributed by atoms with Gasteiger partial charge in [0.05, 0.1) is 18.1 Å². The van der Waals surface area contributed by atoms with Crippen LogP contribution in [0.1, 0.15) is 19.8 Å². The molecule has 4 rings (SSSR count). The third-order valence-electron chi connectivity index (χ3n) is 5.60. The zero-order valence-corrected chi connectivity index (χ0v) is 9.59. The summed E-state index contributed by atoms with van der Waals surface area (Å²) < 4.78 is 6.12. The number of nitrogens with zero attached hydrogens (tertiary/aromatic N) is 1. The summed E-state index contributed by atoms with van der Waals surface area (Å²) in [6.45, 7) is 2.08. The number of aliphatic hydroxyl groups excluding tert-OH is 1. The molecule has 7 atom stereocenters. The van der Waals surface area contributed by atoms with Crippen LogP contribution in [-0.2, 0) is 9.53 Å². The SMILES string of the molecule is CC[C@]12O[C@@H]3[C@H](O)[C@H]4C[C@H]3[C@H]1[C@H]4C(=O)N2C. The van der Waals surface area contributed by atoms with E-state index in [1.807, 2.05) is 11.9 Å². The van der Waals surface area contributed by atoms with E-state index >= 15 is 0 Å². The maximum atomic E-state index is 12.3. The molecule has 2 aliphatic heterocycles. The highest BCUT2D eigenvalue weighted by Crippen LogP contribution is 2.67. The van der Waals surface area contributed by atoms with Gasteiger partial charge in [-0.2, -0.15) is 0 Å². The Morgan fingerprint density at radius 2 is 2.31 bits per heavy atom. The van der Waals surface area contributed by atoms with Crippen molar-refractivity contribution >= 4 is 5.91 Å². The van der Waals surface area contributed by atoms with E-state index in [1.165, 1.54) is 0 Å². The van der Waals surface area contributed by atoms with Gasteiger partial charge in [0, 0.05) is 13.0 Å². The molecule has 4 nitrogen and oxygen atoms in total. The van der Waals surface area contributed by atoms with Crippen molar-refractivity contribution in [1.82, 2.24) is 4.90 Å². The standard InChI is InChI=1S/C12H17NO3/c1-3-12-8-6-4-5(9(14)10(6)16-12)7(8)11(15)13(12)2/h5-10,14H,3-4H2,1-2H3/t5-,6-,7-,8-,9+,10-,12-/m0/s1. The minimum absolute atomic E-state index is 0.0123. The van der Waals surface area contributed by atoms with Crippen LogP contribution in [-0.4, -0.2) is 40.9 Å². The largest absolute Gasteiger partial charge is 0.390 e. The fraction of sp³-hybridized carbons (Fsp3) is 0.917. The van der Waals surface area contributed by atoms with Gasteiger partial charge in [-0.3, -0.25) is 4.79 Å². The molecule has 1 N–H and O–H groups in total. The summed E-state index contributed by atoms with van der Waals surface area (Å²) in [6, 6.07) is 0. The van der Waals surface area contributed by atoms with Gasteiger partial charge in [0.15, 0.2) is 0 Å². The molecule has 0 aromatic rings. The van der Waals surface area contributed by atoms with Crippen molar-refractivity contribution in [3.63, 3.8) is 0 Å². The van der Waals surface area contributed by atoms with Gasteiger partial charge in [-0.15, -0.1) is 0 Å². The molecule has 0 aromatic heterocycles. The Kier molecular flexibility index (Phi) is 1.45. The van der Waals surface area contributed by atoms with Crippen LogP contribution in [0, 0.1) is 23.7 Å². The average molecular weight is 223 g/mol. The van der Waals surface area contributed by atoms with Crippen molar-refractivity contribution in [1.29, 1.82) is 0 Å². The van der Waals surface area contributed by atoms with E-state index in [0.717, 1.165) is 12.8 Å². The fourth-order valence-corrected chi connectivity index (χ4v) is 5.02. The molecule has 2 saturated heterocycles. The predicted molar refractivity (Wildman–Crippen MR) is 55.2 cm³/mol. The molecular weight excluding hydrogens is 206 g/mol. The minimum atomic E-state index is -0.405. The van der Waals surface area contributed by atoms with E-state index in [9.17, 15) is 9.90 Å². The van der Waals surface area contributed by atoms with Crippen molar-refractivity contribution in [2.75, 3.05) is 7.05 Å². The molecule has 4 aliphatic rings. The molecule has 0 radical (unpaired) electrons. The van der Waals surface area contributed by atoms with Crippen LogP contribution in [0.25, 0.3) is 0 Å². The Morgan fingerprint density at radius 1 is 1.56 bits per heavy atom. The first kappa shape index (κ1) is 9.42. The average Bonchev–Trinajstić information content (AvgIpc) is 2.91. The van der Waals surface area contributed by atoms with Crippen LogP contribution in [0.15, 0.2) is 0 Å². The van der Waals surface area contributed by atoms with Crippen LogP contribution in [0.5, 0.6) is 0 Å². The molecule has 2 bridgehead atoms. The summed E-state index contributed by atoms with van der Waals surface area (Å²) in [7, 11) is 1.86. The van der Waals surface area contributed by atoms with Crippen molar-refractivity contribution in [2.45, 2.75) is 37.7 Å². The van der Waals surface area contributed by atoms with E-state index < -0.39 is 11.8 Å². The summed E-state index contributed by atoms with van der Waals surface area (Å²) in [5.41, 5.74) is -0.399. The van der Waals surface area contributed by atoms with E-state index in [0.29, 0.717) is 11.8 Å². The lowest BCUT2D eigenvalue weighted by atomic mass is 9.76. The van der Waals surface area contributed by atoms with Crippen molar-refractivity contribution in [2.24, 2.45) is 23.7 Å². The maximum absolute atomic E-state index is 12.3. The number of fused-ring (bicyclic) bond motifs is 2. The van der Waals surface area contributed by atoms with E-state index in [4.69, 9.17) is 4.74 Å². The molecular formula is C12H17NO3. The minimum Gasteiger partial charge on any atom is -0.390 e. The molecule has 1 amide bonds. The maximum Gasteiger partial charge on any atom is 0.228 e. The second-order valence-electron chi connectivity index (χ2n) is 5.78. The Labute approximate surface area is 94.6 Å². The van der Waals surface area contributed by atoms with Gasteiger partial charge >= 0.3 is 0 Å². The number of rotatable bonds is 1. The van der Waals surface area contributed by atoms with Gasteiger partial charge in [0.25, 0.3) is 0 Å². The monoisotopic (exact) mass is 223 g/mol. The quantitative estimate of drug-likeness (QED) is 0.691. The first-order chi connectivity index (χ1) is 7.62. The van der Waals surface area contributed by atoms with Gasteiger partial charge < -0.3 is 14.7 Å². The molecule has 16 heavy (non-hydrogen) atoms. The molecule has 2 saturated carbocycles. The lowest BCUT2D eigenvalue weighted by Crippen LogP contribution is -2.48. The molecule has 0 aromatic carbocycles. The Hall–Kier alpha value is -0.610. The molecule has 4 fully saturated rings. The van der Waals surface area contributed by atoms with Gasteiger partial charge in [-0.05, 0) is 24.7 Å². The Morgan fingerprint density at radius 3 is 3.00 bits per heavy atom. The van der Waals surface area contributed by atoms with Crippen molar-refractivity contribution in [3.8, 4) is 0 Å². The van der Waals surface area contributed by atoms with Crippen LogP contribution in [0.2, 0.25) is 0 Å². The third-order valence-corrected chi connectivity index (χ3v) is 5.60. The number of carbonyl (C=O) groups is 1. The normalized spacial score (nSPS) is 61.4. The van der Waals surface area contributed by atoms with Gasteiger partial charge in [-0.25, -0.2) is 0 Å². The second kappa shape index (κ2) is 2.46. The second-order valence-corrected chi connectivity index (χ2v) is 5.78. The zero-order chi connectivity index (χ0) is 11.2. The predicted octanol–water partition coefficient (Wildman–Crippen LogP) is 0.206. The number of hydrogen-bond acceptors (Lipinski definition) is 3. The number of likely N-dealkylation sites (tertiary alicyclic amines) is 1. The van der Waals surface area contributed by atoms with E-state index in [2.05, 4.69) is 6.92 Å². The Balaban J connectivity index is 1.90. The van der Waals surface area contributed by atoms with Crippen molar-refractivity contribution in [3.05, 3.63) is 0 Å². The topological polar surface area (TPSA) is 49.8 Å². The zero-order valence-electron chi connectivity index (χ0n) is 9.59. The highest BCUT2D eigenvalue weighted by atomic mass is 16.6. The number of aliphatic hydroxyl groups is 1. The number of carbonyl (C=O) groups excluding carboxylic acids is 1. The third kappa shape index (κ3) is 0.670. The highest BCUT2D eigenvalue weighted by molar-refractivity contribution is 5.84. The Bertz CT molecular complexity index is 384. The summed E-state index contributed by atoms with van der Waals surface area (Å²) >= 11 is 0. The van der Waals surface area contributed by atoms with E-state index in [-0.39, 0.29) is 23.8 Å². The van der Waals surface area contributed by atoms with Crippen LogP contribution in [0.3, 0.4) is 0 Å². The van der Waals surface area contributed by atoms with E-state index in [1.54, 1.807) is 0 Å². The molecule has 2 aliphatic carbocycles.